The van der Waals surface area contributed by atoms with Crippen LogP contribution in [0.5, 0.6) is 0 Å². The normalized spacial score (nSPS) is 13.0. The van der Waals surface area contributed by atoms with E-state index in [4.69, 9.17) is 15.2 Å². The predicted octanol–water partition coefficient (Wildman–Crippen LogP) is 6.70. The summed E-state index contributed by atoms with van der Waals surface area (Å²) in [6, 6.07) is 21.7. The van der Waals surface area contributed by atoms with Gasteiger partial charge in [-0.05, 0) is 98.6 Å². The van der Waals surface area contributed by atoms with Gasteiger partial charge in [-0.1, -0.05) is 86.3 Å². The van der Waals surface area contributed by atoms with E-state index >= 15 is 0 Å². The number of esters is 1. The number of unbranched alkanes of at least 4 members (excludes halogenated alkanes) is 6. The second-order valence-electron chi connectivity index (χ2n) is 17.1. The van der Waals surface area contributed by atoms with Crippen LogP contribution >= 0.6 is 0 Å². The van der Waals surface area contributed by atoms with Gasteiger partial charge in [0, 0.05) is 51.2 Å². The summed E-state index contributed by atoms with van der Waals surface area (Å²) in [6.45, 7) is 0.720. The van der Waals surface area contributed by atoms with Crippen LogP contribution in [-0.2, 0) is 59.4 Å². The summed E-state index contributed by atoms with van der Waals surface area (Å²) in [5.74, 6) is -2.18. The number of aromatic nitrogens is 2. The van der Waals surface area contributed by atoms with E-state index in [-0.39, 0.29) is 36.7 Å². The van der Waals surface area contributed by atoms with E-state index in [0.29, 0.717) is 75.8 Å². The van der Waals surface area contributed by atoms with Crippen LogP contribution in [0.2, 0.25) is 0 Å². The molecule has 0 unspecified atom stereocenters. The summed E-state index contributed by atoms with van der Waals surface area (Å²) < 4.78 is 5.78. The fourth-order valence-electron chi connectivity index (χ4n) is 7.63. The summed E-state index contributed by atoms with van der Waals surface area (Å²) >= 11 is 0. The maximum Gasteiger partial charge on any atom is 0.323 e. The number of carbonyl (C=O) groups excluding carboxylic acids is 5. The first-order valence-corrected chi connectivity index (χ1v) is 23.8. The highest BCUT2D eigenvalue weighted by atomic mass is 16.5. The number of hydrogen-bond acceptors (Lipinski definition) is 13. The number of carboxylic acids is 1. The summed E-state index contributed by atoms with van der Waals surface area (Å²) in [5.41, 5.74) is 7.99. The molecular formula is C51H68N8O10. The van der Waals surface area contributed by atoms with Crippen molar-refractivity contribution in [1.82, 2.24) is 31.6 Å². The SMILES string of the molecule is O=C(CCCCCCC(=O)Nc1cncc(CN[C@@H](Cc2ccccc2)C(=O)O)c1)NO.O=C(CCCCCCC(=O)Nc1cncc(CN[C@@H](Cc2ccccc2)C(=O)OC2CCCC2)c1)NO. The van der Waals surface area contributed by atoms with Gasteiger partial charge >= 0.3 is 11.9 Å². The van der Waals surface area contributed by atoms with E-state index in [9.17, 15) is 33.9 Å². The predicted molar refractivity (Wildman–Crippen MR) is 259 cm³/mol. The molecule has 18 heteroatoms. The van der Waals surface area contributed by atoms with Crippen molar-refractivity contribution < 1.29 is 49.0 Å². The Morgan fingerprint density at radius 3 is 1.36 bits per heavy atom. The summed E-state index contributed by atoms with van der Waals surface area (Å²) in [7, 11) is 0. The Balaban J connectivity index is 0.000000304. The molecule has 2 atom stereocenters. The fraction of sp³-hybridized carbons (Fsp3) is 0.451. The van der Waals surface area contributed by atoms with Gasteiger partial charge in [0.25, 0.3) is 0 Å². The second-order valence-corrected chi connectivity index (χ2v) is 17.1. The van der Waals surface area contributed by atoms with Crippen LogP contribution in [0.1, 0.15) is 125 Å². The van der Waals surface area contributed by atoms with E-state index in [1.54, 1.807) is 41.8 Å². The molecule has 0 radical (unpaired) electrons. The Kier molecular flexibility index (Phi) is 25.7. The molecule has 0 spiro atoms. The van der Waals surface area contributed by atoms with Crippen molar-refractivity contribution in [3.05, 3.63) is 120 Å². The lowest BCUT2D eigenvalue weighted by molar-refractivity contribution is -0.151. The van der Waals surface area contributed by atoms with Gasteiger partial charge in [0.2, 0.25) is 23.6 Å². The molecule has 1 saturated carbocycles. The monoisotopic (exact) mass is 953 g/mol. The van der Waals surface area contributed by atoms with Crippen molar-refractivity contribution in [3.63, 3.8) is 0 Å². The molecule has 1 aliphatic rings. The van der Waals surface area contributed by atoms with E-state index in [2.05, 4.69) is 31.2 Å². The Labute approximate surface area is 403 Å². The molecule has 2 aromatic carbocycles. The number of carbonyl (C=O) groups is 6. The maximum atomic E-state index is 13.0. The van der Waals surface area contributed by atoms with Crippen LogP contribution in [0.25, 0.3) is 0 Å². The fourth-order valence-corrected chi connectivity index (χ4v) is 7.63. The summed E-state index contributed by atoms with van der Waals surface area (Å²) in [5, 5.41) is 38.5. The van der Waals surface area contributed by atoms with Gasteiger partial charge < -0.3 is 20.5 Å². The molecule has 0 bridgehead atoms. The van der Waals surface area contributed by atoms with Gasteiger partial charge in [0.1, 0.15) is 18.2 Å². The zero-order chi connectivity index (χ0) is 49.5. The number of hydrogen-bond donors (Lipinski definition) is 9. The Hall–Kier alpha value is -6.60. The molecule has 69 heavy (non-hydrogen) atoms. The Morgan fingerprint density at radius 2 is 0.942 bits per heavy atom. The zero-order valence-corrected chi connectivity index (χ0v) is 39.2. The number of rotatable bonds is 29. The van der Waals surface area contributed by atoms with Crippen molar-refractivity contribution in [2.45, 2.75) is 147 Å². The third-order valence-electron chi connectivity index (χ3n) is 11.4. The number of aliphatic carboxylic acids is 1. The van der Waals surface area contributed by atoms with Crippen LogP contribution in [-0.4, -0.2) is 79.2 Å². The topological polar surface area (TPSA) is 270 Å². The van der Waals surface area contributed by atoms with Gasteiger partial charge in [-0.3, -0.25) is 59.8 Å². The summed E-state index contributed by atoms with van der Waals surface area (Å²) in [4.78, 5) is 79.3. The smallest absolute Gasteiger partial charge is 0.323 e. The lowest BCUT2D eigenvalue weighted by Gasteiger charge is -2.20. The molecule has 0 saturated heterocycles. The zero-order valence-electron chi connectivity index (χ0n) is 39.2. The number of ether oxygens (including phenoxy) is 1. The number of nitrogens with zero attached hydrogens (tertiary/aromatic N) is 2. The molecule has 1 aliphatic carbocycles. The van der Waals surface area contributed by atoms with Crippen LogP contribution in [0.15, 0.2) is 97.6 Å². The van der Waals surface area contributed by atoms with Crippen molar-refractivity contribution in [1.29, 1.82) is 0 Å². The largest absolute Gasteiger partial charge is 0.480 e. The third-order valence-corrected chi connectivity index (χ3v) is 11.4. The van der Waals surface area contributed by atoms with Crippen LogP contribution in [0.3, 0.4) is 0 Å². The van der Waals surface area contributed by atoms with Crippen LogP contribution in [0, 0.1) is 0 Å². The quantitative estimate of drug-likeness (QED) is 0.0119. The van der Waals surface area contributed by atoms with Crippen molar-refractivity contribution in [2.75, 3.05) is 10.6 Å². The number of nitrogens with one attached hydrogen (secondary N) is 6. The highest BCUT2D eigenvalue weighted by Gasteiger charge is 2.26. The van der Waals surface area contributed by atoms with Crippen molar-refractivity contribution in [3.8, 4) is 0 Å². The molecule has 18 nitrogen and oxygen atoms in total. The number of benzene rings is 2. The molecule has 9 N–H and O–H groups in total. The molecule has 2 heterocycles. The molecular weight excluding hydrogens is 885 g/mol. The molecule has 4 amide bonds. The molecule has 2 aromatic heterocycles. The standard InChI is InChI=1S/C28H38N4O5.C23H30N4O5/c33-26(14-6-1-2-7-15-27(34)32-36)31-23-16-22(18-29-20-23)19-30-25(17-21-10-4-3-5-11-21)28(35)37-24-12-8-9-13-24;28-21(10-6-1-2-7-11-22(29)27-32)26-19-12-18(14-24-16-19)15-25-20(23(30)31)13-17-8-4-3-5-9-17/h3-5,10-11,16,18,20,24-25,30,36H,1-2,6-9,12-15,17,19H2,(H,31,33)(H,32,34);3-5,8-9,12,14,16,20,25,32H,1-2,6-7,10-11,13,15H2,(H,26,28)(H,27,29)(H,30,31)/t25-;20-/m00/s1. The summed E-state index contributed by atoms with van der Waals surface area (Å²) in [6.07, 6.45) is 18.7. The van der Waals surface area contributed by atoms with Crippen molar-refractivity contribution >= 4 is 46.9 Å². The van der Waals surface area contributed by atoms with E-state index in [1.165, 1.54) is 0 Å². The highest BCUT2D eigenvalue weighted by molar-refractivity contribution is 5.91. The number of anilines is 2. The minimum absolute atomic E-state index is 0.00724. The third kappa shape index (κ3) is 23.3. The van der Waals surface area contributed by atoms with Crippen LogP contribution in [0.4, 0.5) is 11.4 Å². The first-order valence-electron chi connectivity index (χ1n) is 23.8. The van der Waals surface area contributed by atoms with E-state index in [0.717, 1.165) is 73.6 Å². The van der Waals surface area contributed by atoms with Gasteiger partial charge in [-0.15, -0.1) is 0 Å². The highest BCUT2D eigenvalue weighted by Crippen LogP contribution is 2.22. The average Bonchev–Trinajstić information content (AvgIpc) is 3.87. The van der Waals surface area contributed by atoms with Gasteiger partial charge in [-0.2, -0.15) is 0 Å². The van der Waals surface area contributed by atoms with Gasteiger partial charge in [0.15, 0.2) is 0 Å². The van der Waals surface area contributed by atoms with Gasteiger partial charge in [0.05, 0.1) is 23.8 Å². The maximum absolute atomic E-state index is 13.0. The minimum atomic E-state index is -0.928. The number of amides is 4. The molecule has 4 aromatic rings. The molecule has 1 fully saturated rings. The second kappa shape index (κ2) is 32.2. The molecule has 5 rings (SSSR count). The minimum Gasteiger partial charge on any atom is -0.480 e. The lowest BCUT2D eigenvalue weighted by Crippen LogP contribution is -2.40. The van der Waals surface area contributed by atoms with Crippen molar-refractivity contribution in [2.24, 2.45) is 0 Å². The Morgan fingerprint density at radius 1 is 0.536 bits per heavy atom. The number of carboxylic acid groups (broad SMARTS) is 1. The molecule has 372 valence electrons. The number of pyridine rings is 2. The number of hydroxylamine groups is 2. The average molecular weight is 953 g/mol. The lowest BCUT2D eigenvalue weighted by atomic mass is 10.1. The molecule has 0 aliphatic heterocycles. The first-order chi connectivity index (χ1) is 33.5. The van der Waals surface area contributed by atoms with E-state index < -0.39 is 29.9 Å². The van der Waals surface area contributed by atoms with Crippen LogP contribution < -0.4 is 32.2 Å². The van der Waals surface area contributed by atoms with Gasteiger partial charge in [-0.25, -0.2) is 11.0 Å². The Bertz CT molecular complexity index is 2180. The first kappa shape index (κ1) is 55.0. The van der Waals surface area contributed by atoms with E-state index in [1.807, 2.05) is 66.7 Å².